The first kappa shape index (κ1) is 15.5. The lowest BCUT2D eigenvalue weighted by molar-refractivity contribution is 0.678. The molecule has 0 saturated heterocycles. The van der Waals surface area contributed by atoms with Gasteiger partial charge in [0.05, 0.1) is 12.2 Å². The molecular formula is C15H23N3S2. The Kier molecular flexibility index (Phi) is 6.01. The van der Waals surface area contributed by atoms with E-state index >= 15 is 0 Å². The average molecular weight is 310 g/mol. The maximum atomic E-state index is 4.75. The molecule has 3 nitrogen and oxygen atoms in total. The number of rotatable bonds is 8. The van der Waals surface area contributed by atoms with E-state index in [-0.39, 0.29) is 0 Å². The molecule has 0 radical (unpaired) electrons. The number of thiazole rings is 1. The van der Waals surface area contributed by atoms with Crippen LogP contribution in [0.5, 0.6) is 0 Å². The molecule has 2 heterocycles. The van der Waals surface area contributed by atoms with Gasteiger partial charge in [-0.2, -0.15) is 0 Å². The van der Waals surface area contributed by atoms with Gasteiger partial charge in [-0.3, -0.25) is 0 Å². The number of hydrogen-bond donors (Lipinski definition) is 1. The van der Waals surface area contributed by atoms with Gasteiger partial charge in [0.25, 0.3) is 0 Å². The first-order valence-corrected chi connectivity index (χ1v) is 8.88. The number of hydrogen-bond acceptors (Lipinski definition) is 5. The number of nitrogens with one attached hydrogen (secondary N) is 1. The SMILES string of the molecule is CCCNCc1sc(N(CC)Cc2cccs2)nc1C. The second-order valence-electron chi connectivity index (χ2n) is 4.78. The van der Waals surface area contributed by atoms with Crippen LogP contribution in [0.3, 0.4) is 0 Å². The Balaban J connectivity index is 2.04. The Bertz CT molecular complexity index is 505. The number of thiophene rings is 1. The van der Waals surface area contributed by atoms with E-state index in [1.165, 1.54) is 21.9 Å². The van der Waals surface area contributed by atoms with Crippen LogP contribution in [0, 0.1) is 6.92 Å². The second-order valence-corrected chi connectivity index (χ2v) is 6.87. The highest BCUT2D eigenvalue weighted by Gasteiger charge is 2.13. The summed E-state index contributed by atoms with van der Waals surface area (Å²) in [6, 6.07) is 4.30. The first-order chi connectivity index (χ1) is 9.74. The summed E-state index contributed by atoms with van der Waals surface area (Å²) < 4.78 is 0. The third-order valence-electron chi connectivity index (χ3n) is 3.17. The molecule has 2 aromatic rings. The van der Waals surface area contributed by atoms with Gasteiger partial charge in [0.1, 0.15) is 0 Å². The molecule has 2 rings (SSSR count). The monoisotopic (exact) mass is 309 g/mol. The Labute approximate surface area is 129 Å². The first-order valence-electron chi connectivity index (χ1n) is 7.19. The molecule has 2 aromatic heterocycles. The summed E-state index contributed by atoms with van der Waals surface area (Å²) >= 11 is 3.63. The van der Waals surface area contributed by atoms with Gasteiger partial charge >= 0.3 is 0 Å². The number of aryl methyl sites for hydroxylation is 1. The highest BCUT2D eigenvalue weighted by molar-refractivity contribution is 7.15. The molecule has 0 aliphatic rings. The van der Waals surface area contributed by atoms with Crippen molar-refractivity contribution in [3.05, 3.63) is 33.0 Å². The van der Waals surface area contributed by atoms with Gasteiger partial charge < -0.3 is 10.2 Å². The molecule has 0 spiro atoms. The van der Waals surface area contributed by atoms with Crippen molar-refractivity contribution in [1.29, 1.82) is 0 Å². The Morgan fingerprint density at radius 2 is 2.20 bits per heavy atom. The molecule has 20 heavy (non-hydrogen) atoms. The predicted molar refractivity (Wildman–Crippen MR) is 89.9 cm³/mol. The largest absolute Gasteiger partial charge is 0.343 e. The normalized spacial score (nSPS) is 10.9. The minimum absolute atomic E-state index is 0.938. The van der Waals surface area contributed by atoms with Crippen LogP contribution >= 0.6 is 22.7 Å². The van der Waals surface area contributed by atoms with Crippen LogP contribution < -0.4 is 10.2 Å². The third-order valence-corrected chi connectivity index (χ3v) is 5.25. The van der Waals surface area contributed by atoms with Gasteiger partial charge in [0, 0.05) is 22.8 Å². The maximum absolute atomic E-state index is 4.75. The van der Waals surface area contributed by atoms with Crippen molar-refractivity contribution in [2.24, 2.45) is 0 Å². The molecular weight excluding hydrogens is 286 g/mol. The highest BCUT2D eigenvalue weighted by Crippen LogP contribution is 2.27. The summed E-state index contributed by atoms with van der Waals surface area (Å²) in [6.07, 6.45) is 1.17. The fourth-order valence-corrected chi connectivity index (χ4v) is 3.81. The van der Waals surface area contributed by atoms with E-state index in [2.05, 4.69) is 48.5 Å². The zero-order valence-electron chi connectivity index (χ0n) is 12.5. The second kappa shape index (κ2) is 7.76. The molecule has 0 unspecified atom stereocenters. The number of anilines is 1. The van der Waals surface area contributed by atoms with Gasteiger partial charge in [0.2, 0.25) is 0 Å². The van der Waals surface area contributed by atoms with E-state index in [1.807, 2.05) is 22.7 Å². The number of nitrogens with zero attached hydrogens (tertiary/aromatic N) is 2. The van der Waals surface area contributed by atoms with E-state index in [0.29, 0.717) is 0 Å². The van der Waals surface area contributed by atoms with Crippen molar-refractivity contribution in [2.75, 3.05) is 18.0 Å². The molecule has 0 saturated carbocycles. The molecule has 1 N–H and O–H groups in total. The summed E-state index contributed by atoms with van der Waals surface area (Å²) in [4.78, 5) is 9.86. The fraction of sp³-hybridized carbons (Fsp3) is 0.533. The zero-order valence-corrected chi connectivity index (χ0v) is 14.1. The summed E-state index contributed by atoms with van der Waals surface area (Å²) in [5.41, 5.74) is 1.17. The van der Waals surface area contributed by atoms with Crippen LogP contribution in [-0.4, -0.2) is 18.1 Å². The van der Waals surface area contributed by atoms with Crippen LogP contribution in [0.1, 0.15) is 35.7 Å². The molecule has 0 aromatic carbocycles. The number of aromatic nitrogens is 1. The van der Waals surface area contributed by atoms with E-state index < -0.39 is 0 Å². The van der Waals surface area contributed by atoms with Gasteiger partial charge in [0.15, 0.2) is 5.13 Å². The van der Waals surface area contributed by atoms with Crippen LogP contribution in [0.15, 0.2) is 17.5 Å². The van der Waals surface area contributed by atoms with E-state index in [1.54, 1.807) is 0 Å². The molecule has 0 aliphatic carbocycles. The molecule has 110 valence electrons. The maximum Gasteiger partial charge on any atom is 0.186 e. The average Bonchev–Trinajstić information content (AvgIpc) is 3.07. The molecule has 5 heteroatoms. The topological polar surface area (TPSA) is 28.2 Å². The van der Waals surface area contributed by atoms with Crippen molar-refractivity contribution in [3.8, 4) is 0 Å². The van der Waals surface area contributed by atoms with E-state index in [9.17, 15) is 0 Å². The summed E-state index contributed by atoms with van der Waals surface area (Å²) in [7, 11) is 0. The lowest BCUT2D eigenvalue weighted by atomic mass is 10.4. The molecule has 0 amide bonds. The summed E-state index contributed by atoms with van der Waals surface area (Å²) in [6.45, 7) is 10.5. The third kappa shape index (κ3) is 4.04. The lowest BCUT2D eigenvalue weighted by Gasteiger charge is -2.18. The van der Waals surface area contributed by atoms with Crippen molar-refractivity contribution < 1.29 is 0 Å². The molecule has 0 aliphatic heterocycles. The van der Waals surface area contributed by atoms with Crippen molar-refractivity contribution in [2.45, 2.75) is 40.3 Å². The zero-order chi connectivity index (χ0) is 14.4. The van der Waals surface area contributed by atoms with Gasteiger partial charge in [-0.05, 0) is 38.3 Å². The Morgan fingerprint density at radius 1 is 1.35 bits per heavy atom. The van der Waals surface area contributed by atoms with Crippen LogP contribution in [-0.2, 0) is 13.1 Å². The van der Waals surface area contributed by atoms with E-state index in [4.69, 9.17) is 4.98 Å². The van der Waals surface area contributed by atoms with Crippen LogP contribution in [0.2, 0.25) is 0 Å². The lowest BCUT2D eigenvalue weighted by Crippen LogP contribution is -2.21. The minimum atomic E-state index is 0.938. The van der Waals surface area contributed by atoms with Crippen molar-refractivity contribution in [1.82, 2.24) is 10.3 Å². The summed E-state index contributed by atoms with van der Waals surface area (Å²) in [5, 5.41) is 6.74. The molecule has 0 fully saturated rings. The van der Waals surface area contributed by atoms with Gasteiger partial charge in [-0.1, -0.05) is 13.0 Å². The highest BCUT2D eigenvalue weighted by atomic mass is 32.1. The molecule has 0 bridgehead atoms. The van der Waals surface area contributed by atoms with Crippen LogP contribution in [0.4, 0.5) is 5.13 Å². The van der Waals surface area contributed by atoms with Crippen LogP contribution in [0.25, 0.3) is 0 Å². The smallest absolute Gasteiger partial charge is 0.186 e. The van der Waals surface area contributed by atoms with Crippen molar-refractivity contribution >= 4 is 27.8 Å². The Hall–Kier alpha value is -0.910. The Morgan fingerprint density at radius 3 is 2.85 bits per heavy atom. The minimum Gasteiger partial charge on any atom is -0.343 e. The van der Waals surface area contributed by atoms with E-state index in [0.717, 1.165) is 31.3 Å². The standard InChI is InChI=1S/C15H23N3S2/c1-4-8-16-10-14-12(3)17-15(20-14)18(5-2)11-13-7-6-9-19-13/h6-7,9,16H,4-5,8,10-11H2,1-3H3. The quantitative estimate of drug-likeness (QED) is 0.746. The fourth-order valence-electron chi connectivity index (χ4n) is 2.00. The van der Waals surface area contributed by atoms with Gasteiger partial charge in [-0.25, -0.2) is 4.98 Å². The van der Waals surface area contributed by atoms with Gasteiger partial charge in [-0.15, -0.1) is 22.7 Å². The summed E-state index contributed by atoms with van der Waals surface area (Å²) in [5.74, 6) is 0. The van der Waals surface area contributed by atoms with Crippen molar-refractivity contribution in [3.63, 3.8) is 0 Å². The molecule has 0 atom stereocenters. The predicted octanol–water partition coefficient (Wildman–Crippen LogP) is 4.04.